The van der Waals surface area contributed by atoms with Crippen molar-refractivity contribution in [1.82, 2.24) is 9.78 Å². The molecule has 1 fully saturated rings. The van der Waals surface area contributed by atoms with E-state index in [1.165, 1.54) is 23.7 Å². The molecule has 0 spiro atoms. The molecule has 2 heterocycles. The summed E-state index contributed by atoms with van der Waals surface area (Å²) in [7, 11) is 0. The number of phenols is 1. The monoisotopic (exact) mass is 371 g/mol. The molecule has 0 radical (unpaired) electrons. The molecule has 2 aromatic carbocycles. The molecule has 0 saturated carbocycles. The first-order chi connectivity index (χ1) is 13.0. The molecule has 142 valence electrons. The summed E-state index contributed by atoms with van der Waals surface area (Å²) in [6, 6.07) is 8.83. The van der Waals surface area contributed by atoms with Crippen LogP contribution in [0.3, 0.4) is 0 Å². The molecule has 6 heteroatoms. The van der Waals surface area contributed by atoms with Gasteiger partial charge in [0.25, 0.3) is 0 Å². The summed E-state index contributed by atoms with van der Waals surface area (Å²) < 4.78 is 29.3. The molecule has 1 aliphatic heterocycles. The topological polar surface area (TPSA) is 41.3 Å². The fourth-order valence-corrected chi connectivity index (χ4v) is 3.93. The minimum Gasteiger partial charge on any atom is -0.503 e. The highest BCUT2D eigenvalue weighted by molar-refractivity contribution is 5.82. The molecule has 1 saturated heterocycles. The van der Waals surface area contributed by atoms with Crippen LogP contribution < -0.4 is 4.90 Å². The average Bonchev–Trinajstić information content (AvgIpc) is 3.10. The maximum absolute atomic E-state index is 14.4. The van der Waals surface area contributed by atoms with E-state index in [9.17, 15) is 13.9 Å². The third-order valence-corrected chi connectivity index (χ3v) is 5.66. The predicted molar refractivity (Wildman–Crippen MR) is 102 cm³/mol. The van der Waals surface area contributed by atoms with E-state index in [2.05, 4.69) is 23.8 Å². The number of rotatable bonds is 3. The van der Waals surface area contributed by atoms with Gasteiger partial charge in [-0.3, -0.25) is 0 Å². The van der Waals surface area contributed by atoms with E-state index in [1.54, 1.807) is 0 Å². The molecule has 1 N–H and O–H groups in total. The highest BCUT2D eigenvalue weighted by Gasteiger charge is 2.22. The van der Waals surface area contributed by atoms with E-state index in [0.29, 0.717) is 11.1 Å². The van der Waals surface area contributed by atoms with E-state index >= 15 is 0 Å². The Labute approximate surface area is 157 Å². The lowest BCUT2D eigenvalue weighted by atomic mass is 9.86. The maximum Gasteiger partial charge on any atom is 0.194 e. The van der Waals surface area contributed by atoms with E-state index in [-0.39, 0.29) is 5.52 Å². The van der Waals surface area contributed by atoms with Crippen LogP contribution in [0, 0.1) is 23.5 Å². The first-order valence-corrected chi connectivity index (χ1v) is 9.35. The van der Waals surface area contributed by atoms with Gasteiger partial charge in [0.2, 0.25) is 0 Å². The zero-order valence-electron chi connectivity index (χ0n) is 15.5. The lowest BCUT2D eigenvalue weighted by Crippen LogP contribution is -2.35. The third kappa shape index (κ3) is 3.13. The van der Waals surface area contributed by atoms with Crippen molar-refractivity contribution < 1.29 is 13.9 Å². The van der Waals surface area contributed by atoms with Crippen LogP contribution in [-0.4, -0.2) is 28.0 Å². The van der Waals surface area contributed by atoms with Gasteiger partial charge in [-0.25, -0.2) is 13.5 Å². The number of piperidine rings is 1. The van der Waals surface area contributed by atoms with Gasteiger partial charge in [0.05, 0.1) is 11.9 Å². The summed E-state index contributed by atoms with van der Waals surface area (Å²) in [5, 5.41) is 14.0. The number of aromatic nitrogens is 2. The normalized spacial score (nSPS) is 15.8. The minimum absolute atomic E-state index is 0.0689. The number of phenolic OH excluding ortho intramolecular Hbond substituents is 1. The number of nitrogens with zero attached hydrogens (tertiary/aromatic N) is 3. The van der Waals surface area contributed by atoms with Gasteiger partial charge in [-0.15, -0.1) is 0 Å². The Morgan fingerprint density at radius 1 is 1.07 bits per heavy atom. The number of benzene rings is 2. The molecule has 0 unspecified atom stereocenters. The van der Waals surface area contributed by atoms with Crippen LogP contribution in [0.15, 0.2) is 36.5 Å². The van der Waals surface area contributed by atoms with Crippen LogP contribution >= 0.6 is 0 Å². The SMILES string of the molecule is CC(C)C1CCN(c2ccc(-n3ncc4cc(F)c(O)c(F)c43)cc2)CC1. The molecule has 0 atom stereocenters. The van der Waals surface area contributed by atoms with E-state index in [4.69, 9.17) is 0 Å². The maximum atomic E-state index is 14.4. The standard InChI is InChI=1S/C21H23F2N3O/c1-13(2)14-7-9-25(10-8-14)16-3-5-17(6-4-16)26-20-15(12-24-26)11-18(22)21(27)19(20)23/h3-6,11-14,27H,7-10H2,1-2H3. The van der Waals surface area contributed by atoms with Crippen molar-refractivity contribution in [3.63, 3.8) is 0 Å². The van der Waals surface area contributed by atoms with E-state index < -0.39 is 17.4 Å². The van der Waals surface area contributed by atoms with E-state index in [0.717, 1.165) is 36.7 Å². The van der Waals surface area contributed by atoms with E-state index in [1.807, 2.05) is 24.3 Å². The highest BCUT2D eigenvalue weighted by atomic mass is 19.1. The Balaban J connectivity index is 1.60. The Bertz CT molecular complexity index is 958. The summed E-state index contributed by atoms with van der Waals surface area (Å²) in [6.07, 6.45) is 3.78. The molecular weight excluding hydrogens is 348 g/mol. The van der Waals surface area contributed by atoms with Crippen molar-refractivity contribution in [3.8, 4) is 11.4 Å². The van der Waals surface area contributed by atoms with Crippen molar-refractivity contribution in [2.75, 3.05) is 18.0 Å². The number of aromatic hydroxyl groups is 1. The molecular formula is C21H23F2N3O. The van der Waals surface area contributed by atoms with Crippen LogP contribution in [0.2, 0.25) is 0 Å². The molecule has 4 rings (SSSR count). The molecule has 1 aromatic heterocycles. The van der Waals surface area contributed by atoms with Crippen LogP contribution in [0.1, 0.15) is 26.7 Å². The number of anilines is 1. The predicted octanol–water partition coefficient (Wildman–Crippen LogP) is 4.88. The van der Waals surface area contributed by atoms with Gasteiger partial charge in [0.15, 0.2) is 17.4 Å². The molecule has 27 heavy (non-hydrogen) atoms. The molecule has 3 aromatic rings. The summed E-state index contributed by atoms with van der Waals surface area (Å²) in [4.78, 5) is 2.37. The third-order valence-electron chi connectivity index (χ3n) is 5.66. The second kappa shape index (κ2) is 6.83. The lowest BCUT2D eigenvalue weighted by molar-refractivity contribution is 0.311. The summed E-state index contributed by atoms with van der Waals surface area (Å²) in [5.41, 5.74) is 1.86. The molecule has 0 aliphatic carbocycles. The number of hydrogen-bond acceptors (Lipinski definition) is 3. The van der Waals surface area contributed by atoms with Gasteiger partial charge in [0, 0.05) is 24.2 Å². The van der Waals surface area contributed by atoms with Crippen molar-refractivity contribution in [1.29, 1.82) is 0 Å². The van der Waals surface area contributed by atoms with Crippen molar-refractivity contribution in [2.24, 2.45) is 11.8 Å². The van der Waals surface area contributed by atoms with Gasteiger partial charge in [0.1, 0.15) is 5.52 Å². The van der Waals surface area contributed by atoms with Crippen LogP contribution in [-0.2, 0) is 0 Å². The number of halogens is 2. The minimum atomic E-state index is -0.998. The van der Waals surface area contributed by atoms with Gasteiger partial charge in [-0.05, 0) is 55.0 Å². The summed E-state index contributed by atoms with van der Waals surface area (Å²) >= 11 is 0. The smallest absolute Gasteiger partial charge is 0.194 e. The van der Waals surface area contributed by atoms with Crippen molar-refractivity contribution in [3.05, 3.63) is 48.2 Å². The zero-order chi connectivity index (χ0) is 19.1. The van der Waals surface area contributed by atoms with Gasteiger partial charge >= 0.3 is 0 Å². The van der Waals surface area contributed by atoms with Crippen molar-refractivity contribution >= 4 is 16.6 Å². The van der Waals surface area contributed by atoms with Gasteiger partial charge in [-0.1, -0.05) is 13.8 Å². The fourth-order valence-electron chi connectivity index (χ4n) is 3.93. The second-order valence-corrected chi connectivity index (χ2v) is 7.60. The Morgan fingerprint density at radius 3 is 2.33 bits per heavy atom. The molecule has 0 bridgehead atoms. The highest BCUT2D eigenvalue weighted by Crippen LogP contribution is 2.31. The number of fused-ring (bicyclic) bond motifs is 1. The lowest BCUT2D eigenvalue weighted by Gasteiger charge is -2.35. The first-order valence-electron chi connectivity index (χ1n) is 9.35. The van der Waals surface area contributed by atoms with Gasteiger partial charge < -0.3 is 10.0 Å². The van der Waals surface area contributed by atoms with Crippen LogP contribution in [0.25, 0.3) is 16.6 Å². The zero-order valence-corrected chi connectivity index (χ0v) is 15.5. The van der Waals surface area contributed by atoms with Crippen LogP contribution in [0.5, 0.6) is 5.75 Å². The Kier molecular flexibility index (Phi) is 4.50. The van der Waals surface area contributed by atoms with Crippen LogP contribution in [0.4, 0.5) is 14.5 Å². The quantitative estimate of drug-likeness (QED) is 0.713. The number of hydrogen-bond donors (Lipinski definition) is 1. The first kappa shape index (κ1) is 17.8. The Morgan fingerprint density at radius 2 is 1.70 bits per heavy atom. The summed E-state index contributed by atoms with van der Waals surface area (Å²) in [6.45, 7) is 6.64. The molecule has 0 amide bonds. The van der Waals surface area contributed by atoms with Crippen molar-refractivity contribution in [2.45, 2.75) is 26.7 Å². The second-order valence-electron chi connectivity index (χ2n) is 7.60. The van der Waals surface area contributed by atoms with Gasteiger partial charge in [-0.2, -0.15) is 5.10 Å². The fraction of sp³-hybridized carbons (Fsp3) is 0.381. The molecule has 1 aliphatic rings. The largest absolute Gasteiger partial charge is 0.503 e. The molecule has 4 nitrogen and oxygen atoms in total. The Hall–Kier alpha value is -2.63. The average molecular weight is 371 g/mol. The summed E-state index contributed by atoms with van der Waals surface area (Å²) in [5.74, 6) is -1.46.